The number of nitrogens with zero attached hydrogens (tertiary/aromatic N) is 2. The molecular formula is C17H11Cl2FN2O3S. The molecule has 0 unspecified atom stereocenters. The van der Waals surface area contributed by atoms with Crippen molar-refractivity contribution in [3.63, 3.8) is 0 Å². The molecule has 26 heavy (non-hydrogen) atoms. The molecule has 0 saturated heterocycles. The third-order valence-electron chi connectivity index (χ3n) is 3.52. The normalized spacial score (nSPS) is 11.8. The van der Waals surface area contributed by atoms with Gasteiger partial charge in [-0.1, -0.05) is 40.6 Å². The molecule has 1 aromatic heterocycles. The lowest BCUT2D eigenvalue weighted by Crippen LogP contribution is -2.22. The molecule has 0 N–H and O–H groups in total. The lowest BCUT2D eigenvalue weighted by Gasteiger charge is -2.06. The van der Waals surface area contributed by atoms with E-state index in [2.05, 4.69) is 4.99 Å². The quantitative estimate of drug-likeness (QED) is 0.609. The number of hydrogen-bond acceptors (Lipinski definition) is 4. The lowest BCUT2D eigenvalue weighted by molar-refractivity contribution is -0.141. The van der Waals surface area contributed by atoms with Crippen LogP contribution in [0.4, 0.5) is 4.39 Å². The third-order valence-corrected chi connectivity index (χ3v) is 5.36. The van der Waals surface area contributed by atoms with E-state index in [-0.39, 0.29) is 21.9 Å². The number of hydrogen-bond donors (Lipinski definition) is 0. The van der Waals surface area contributed by atoms with Gasteiger partial charge >= 0.3 is 5.97 Å². The van der Waals surface area contributed by atoms with Gasteiger partial charge in [-0.15, -0.1) is 0 Å². The molecule has 0 saturated carbocycles. The zero-order chi connectivity index (χ0) is 18.8. The first-order chi connectivity index (χ1) is 12.4. The molecule has 0 spiro atoms. The minimum atomic E-state index is -0.642. The number of fused-ring (bicyclic) bond motifs is 1. The number of amides is 1. The number of methoxy groups -OCH3 is 1. The highest BCUT2D eigenvalue weighted by Gasteiger charge is 2.16. The summed E-state index contributed by atoms with van der Waals surface area (Å²) in [5.41, 5.74) is 0.566. The average Bonchev–Trinajstić information content (AvgIpc) is 2.96. The van der Waals surface area contributed by atoms with Gasteiger partial charge in [-0.3, -0.25) is 9.59 Å². The fraction of sp³-hybridized carbons (Fsp3) is 0.118. The Morgan fingerprint density at radius 2 is 2.04 bits per heavy atom. The van der Waals surface area contributed by atoms with Crippen molar-refractivity contribution < 1.29 is 18.7 Å². The fourth-order valence-electron chi connectivity index (χ4n) is 2.30. The standard InChI is InChI=1S/C17H11Cl2FN2O3S/c1-25-13(23)8-22-15-12(6-5-11(18)14(15)19)26-17(22)21-16(24)9-3-2-4-10(20)7-9/h2-7H,8H2,1H3. The van der Waals surface area contributed by atoms with Crippen LogP contribution in [0.15, 0.2) is 41.4 Å². The highest BCUT2D eigenvalue weighted by Crippen LogP contribution is 2.32. The van der Waals surface area contributed by atoms with Gasteiger partial charge < -0.3 is 9.30 Å². The second-order valence-corrected chi connectivity index (χ2v) is 6.98. The first-order valence-corrected chi connectivity index (χ1v) is 8.86. The van der Waals surface area contributed by atoms with Gasteiger partial charge in [0.1, 0.15) is 12.4 Å². The van der Waals surface area contributed by atoms with Crippen LogP contribution in [0.2, 0.25) is 10.0 Å². The van der Waals surface area contributed by atoms with E-state index >= 15 is 0 Å². The Balaban J connectivity index is 2.21. The van der Waals surface area contributed by atoms with E-state index in [1.807, 2.05) is 0 Å². The molecule has 3 aromatic rings. The van der Waals surface area contributed by atoms with Crippen LogP contribution < -0.4 is 4.80 Å². The Kier molecular flexibility index (Phi) is 5.41. The zero-order valence-corrected chi connectivity index (χ0v) is 15.7. The van der Waals surface area contributed by atoms with Gasteiger partial charge in [-0.2, -0.15) is 4.99 Å². The van der Waals surface area contributed by atoms with Crippen LogP contribution in [-0.4, -0.2) is 23.6 Å². The van der Waals surface area contributed by atoms with E-state index in [0.717, 1.165) is 17.4 Å². The maximum atomic E-state index is 13.3. The van der Waals surface area contributed by atoms with E-state index in [1.54, 1.807) is 12.1 Å². The summed E-state index contributed by atoms with van der Waals surface area (Å²) in [6.45, 7) is -0.203. The minimum Gasteiger partial charge on any atom is -0.468 e. The van der Waals surface area contributed by atoms with Crippen molar-refractivity contribution in [2.75, 3.05) is 7.11 Å². The number of ether oxygens (including phenoxy) is 1. The largest absolute Gasteiger partial charge is 0.468 e. The second kappa shape index (κ2) is 7.57. The first kappa shape index (κ1) is 18.6. The molecule has 5 nitrogen and oxygen atoms in total. The molecule has 0 aliphatic rings. The van der Waals surface area contributed by atoms with Crippen molar-refractivity contribution in [3.05, 3.63) is 62.6 Å². The highest BCUT2D eigenvalue weighted by molar-refractivity contribution is 7.16. The Bertz CT molecular complexity index is 1090. The molecule has 3 rings (SSSR count). The number of thiazole rings is 1. The highest BCUT2D eigenvalue weighted by atomic mass is 35.5. The van der Waals surface area contributed by atoms with Crippen LogP contribution in [0.1, 0.15) is 10.4 Å². The Morgan fingerprint density at radius 3 is 2.73 bits per heavy atom. The van der Waals surface area contributed by atoms with Gasteiger partial charge in [0.15, 0.2) is 4.80 Å². The first-order valence-electron chi connectivity index (χ1n) is 7.29. The predicted octanol–water partition coefficient (Wildman–Crippen LogP) is 4.06. The van der Waals surface area contributed by atoms with E-state index in [4.69, 9.17) is 27.9 Å². The van der Waals surface area contributed by atoms with E-state index in [0.29, 0.717) is 15.2 Å². The molecule has 9 heteroatoms. The maximum absolute atomic E-state index is 13.3. The van der Waals surface area contributed by atoms with Crippen molar-refractivity contribution in [1.82, 2.24) is 4.57 Å². The van der Waals surface area contributed by atoms with Gasteiger partial charge in [-0.05, 0) is 30.3 Å². The molecule has 0 atom stereocenters. The summed E-state index contributed by atoms with van der Waals surface area (Å²) in [4.78, 5) is 28.4. The number of carbonyl (C=O) groups excluding carboxylic acids is 2. The number of esters is 1. The zero-order valence-electron chi connectivity index (χ0n) is 13.3. The summed E-state index contributed by atoms with van der Waals surface area (Å²) in [5.74, 6) is -1.73. The van der Waals surface area contributed by atoms with Gasteiger partial charge in [-0.25, -0.2) is 4.39 Å². The molecule has 0 fully saturated rings. The van der Waals surface area contributed by atoms with Crippen LogP contribution in [0.5, 0.6) is 0 Å². The molecule has 0 radical (unpaired) electrons. The van der Waals surface area contributed by atoms with Gasteiger partial charge in [0.05, 0.1) is 27.4 Å². The molecule has 0 aliphatic carbocycles. The molecule has 1 amide bonds. The Labute approximate surface area is 161 Å². The molecule has 2 aromatic carbocycles. The lowest BCUT2D eigenvalue weighted by atomic mass is 10.2. The molecule has 0 bridgehead atoms. The van der Waals surface area contributed by atoms with Crippen molar-refractivity contribution in [3.8, 4) is 0 Å². The molecule has 1 heterocycles. The Morgan fingerprint density at radius 1 is 1.27 bits per heavy atom. The van der Waals surface area contributed by atoms with Crippen molar-refractivity contribution in [2.45, 2.75) is 6.54 Å². The number of carbonyl (C=O) groups is 2. The van der Waals surface area contributed by atoms with Crippen molar-refractivity contribution in [2.24, 2.45) is 4.99 Å². The van der Waals surface area contributed by atoms with Crippen molar-refractivity contribution >= 4 is 56.6 Å². The van der Waals surface area contributed by atoms with Crippen LogP contribution >= 0.6 is 34.5 Å². The maximum Gasteiger partial charge on any atom is 0.325 e. The average molecular weight is 413 g/mol. The summed E-state index contributed by atoms with van der Waals surface area (Å²) in [6, 6.07) is 8.53. The fourth-order valence-corrected chi connectivity index (χ4v) is 3.81. The van der Waals surface area contributed by atoms with E-state index in [9.17, 15) is 14.0 Å². The second-order valence-electron chi connectivity index (χ2n) is 5.18. The SMILES string of the molecule is COC(=O)Cn1c(=NC(=O)c2cccc(F)c2)sc2ccc(Cl)c(Cl)c21. The van der Waals surface area contributed by atoms with Gasteiger partial charge in [0.2, 0.25) is 0 Å². The van der Waals surface area contributed by atoms with Crippen LogP contribution in [0, 0.1) is 5.82 Å². The van der Waals surface area contributed by atoms with Gasteiger partial charge in [0, 0.05) is 5.56 Å². The number of halogens is 3. The summed E-state index contributed by atoms with van der Waals surface area (Å²) in [6.07, 6.45) is 0. The monoisotopic (exact) mass is 412 g/mol. The number of rotatable bonds is 3. The molecule has 0 aliphatic heterocycles. The number of aromatic nitrogens is 1. The molecule has 134 valence electrons. The summed E-state index contributed by atoms with van der Waals surface area (Å²) >= 11 is 13.5. The van der Waals surface area contributed by atoms with Gasteiger partial charge in [0.25, 0.3) is 5.91 Å². The number of benzene rings is 2. The third kappa shape index (κ3) is 3.65. The summed E-state index contributed by atoms with van der Waals surface area (Å²) in [5, 5.41) is 0.544. The minimum absolute atomic E-state index is 0.0937. The Hall–Kier alpha value is -2.22. The van der Waals surface area contributed by atoms with Crippen LogP contribution in [0.25, 0.3) is 10.2 Å². The topological polar surface area (TPSA) is 60.7 Å². The van der Waals surface area contributed by atoms with Crippen molar-refractivity contribution in [1.29, 1.82) is 0 Å². The van der Waals surface area contributed by atoms with Crippen LogP contribution in [-0.2, 0) is 16.1 Å². The summed E-state index contributed by atoms with van der Waals surface area (Å²) < 4.78 is 20.2. The van der Waals surface area contributed by atoms with E-state index < -0.39 is 17.7 Å². The predicted molar refractivity (Wildman–Crippen MR) is 98.1 cm³/mol. The van der Waals surface area contributed by atoms with Crippen LogP contribution in [0.3, 0.4) is 0 Å². The van der Waals surface area contributed by atoms with E-state index in [1.165, 1.54) is 29.9 Å². The summed E-state index contributed by atoms with van der Waals surface area (Å²) in [7, 11) is 1.25. The smallest absolute Gasteiger partial charge is 0.325 e. The molecular weight excluding hydrogens is 402 g/mol.